The average Bonchev–Trinajstić information content (AvgIpc) is 2.65. The molecule has 21 heavy (non-hydrogen) atoms. The van der Waals surface area contributed by atoms with Gasteiger partial charge in [0, 0.05) is 5.02 Å². The maximum absolute atomic E-state index is 12.5. The fourth-order valence-electron chi connectivity index (χ4n) is 2.72. The molecular weight excluding hydrogens is 327 g/mol. The number of nitrogens with two attached hydrogens (primary N) is 1. The third-order valence-electron chi connectivity index (χ3n) is 3.96. The van der Waals surface area contributed by atoms with Gasteiger partial charge < -0.3 is 11.1 Å². The van der Waals surface area contributed by atoms with Crippen molar-refractivity contribution in [3.63, 3.8) is 0 Å². The molecule has 3 N–H and O–H groups in total. The number of rotatable bonds is 3. The van der Waals surface area contributed by atoms with Crippen LogP contribution in [-0.2, 0) is 0 Å². The van der Waals surface area contributed by atoms with Crippen LogP contribution in [0.15, 0.2) is 18.2 Å². The molecule has 0 heterocycles. The van der Waals surface area contributed by atoms with E-state index in [-0.39, 0.29) is 5.91 Å². The fraction of sp³-hybridized carbons (Fsp3) is 0.467. The van der Waals surface area contributed by atoms with Crippen LogP contribution >= 0.6 is 35.4 Å². The van der Waals surface area contributed by atoms with Gasteiger partial charge in [-0.05, 0) is 31.0 Å². The average molecular weight is 345 g/mol. The largest absolute Gasteiger partial charge is 0.391 e. The van der Waals surface area contributed by atoms with E-state index in [4.69, 9.17) is 41.2 Å². The number of carbonyl (C=O) groups is 1. The number of amides is 1. The Morgan fingerprint density at radius 3 is 2.33 bits per heavy atom. The van der Waals surface area contributed by atoms with Gasteiger partial charge in [-0.1, -0.05) is 61.1 Å². The highest BCUT2D eigenvalue weighted by Crippen LogP contribution is 2.29. The van der Waals surface area contributed by atoms with Gasteiger partial charge in [0.25, 0.3) is 5.91 Å². The zero-order valence-electron chi connectivity index (χ0n) is 11.6. The van der Waals surface area contributed by atoms with E-state index < -0.39 is 5.54 Å². The van der Waals surface area contributed by atoms with E-state index in [0.717, 1.165) is 38.5 Å². The second kappa shape index (κ2) is 6.95. The summed E-state index contributed by atoms with van der Waals surface area (Å²) in [6, 6.07) is 4.81. The van der Waals surface area contributed by atoms with E-state index in [9.17, 15) is 4.79 Å². The van der Waals surface area contributed by atoms with Crippen LogP contribution in [-0.4, -0.2) is 16.4 Å². The summed E-state index contributed by atoms with van der Waals surface area (Å²) in [7, 11) is 0. The zero-order valence-corrected chi connectivity index (χ0v) is 14.0. The van der Waals surface area contributed by atoms with Gasteiger partial charge in [0.2, 0.25) is 0 Å². The number of halogens is 2. The Labute approximate surface area is 140 Å². The molecule has 2 rings (SSSR count). The molecule has 0 spiro atoms. The number of benzene rings is 1. The minimum atomic E-state index is -0.605. The first-order chi connectivity index (χ1) is 9.94. The van der Waals surface area contributed by atoms with Crippen LogP contribution in [0.3, 0.4) is 0 Å². The van der Waals surface area contributed by atoms with Gasteiger partial charge in [0.1, 0.15) is 0 Å². The molecule has 1 amide bonds. The lowest BCUT2D eigenvalue weighted by atomic mass is 9.89. The Kier molecular flexibility index (Phi) is 5.47. The molecule has 0 saturated heterocycles. The Balaban J connectivity index is 2.24. The Morgan fingerprint density at radius 2 is 1.81 bits per heavy atom. The summed E-state index contributed by atoms with van der Waals surface area (Å²) in [5.74, 6) is -0.258. The van der Waals surface area contributed by atoms with Crippen LogP contribution in [0, 0.1) is 0 Å². The summed E-state index contributed by atoms with van der Waals surface area (Å²) < 4.78 is 0. The van der Waals surface area contributed by atoms with E-state index in [2.05, 4.69) is 5.32 Å². The Hall–Kier alpha value is -0.840. The van der Waals surface area contributed by atoms with Gasteiger partial charge in [-0.3, -0.25) is 4.79 Å². The molecule has 0 atom stereocenters. The predicted molar refractivity (Wildman–Crippen MR) is 91.1 cm³/mol. The van der Waals surface area contributed by atoms with Crippen molar-refractivity contribution in [2.45, 2.75) is 44.1 Å². The molecule has 1 aromatic rings. The lowest BCUT2D eigenvalue weighted by Crippen LogP contribution is -2.56. The Bertz CT molecular complexity index is 555. The minimum Gasteiger partial charge on any atom is -0.391 e. The van der Waals surface area contributed by atoms with Crippen LogP contribution < -0.4 is 11.1 Å². The molecule has 1 fully saturated rings. The third kappa shape index (κ3) is 3.87. The lowest BCUT2D eigenvalue weighted by molar-refractivity contribution is 0.0917. The van der Waals surface area contributed by atoms with Crippen molar-refractivity contribution in [1.29, 1.82) is 0 Å². The quantitative estimate of drug-likeness (QED) is 0.640. The van der Waals surface area contributed by atoms with E-state index in [1.165, 1.54) is 0 Å². The SMILES string of the molecule is NC(=S)C1(NC(=O)c2ccc(Cl)cc2Cl)CCCCCC1. The molecule has 6 heteroatoms. The van der Waals surface area contributed by atoms with Crippen LogP contribution in [0.2, 0.25) is 10.0 Å². The summed E-state index contributed by atoms with van der Waals surface area (Å²) in [5.41, 5.74) is 5.71. The highest BCUT2D eigenvalue weighted by molar-refractivity contribution is 7.80. The number of hydrogen-bond donors (Lipinski definition) is 2. The molecule has 0 unspecified atom stereocenters. The number of hydrogen-bond acceptors (Lipinski definition) is 2. The lowest BCUT2D eigenvalue weighted by Gasteiger charge is -2.33. The molecule has 1 saturated carbocycles. The summed E-state index contributed by atoms with van der Waals surface area (Å²) in [5, 5.41) is 3.84. The number of thiocarbonyl (C=S) groups is 1. The second-order valence-electron chi connectivity index (χ2n) is 5.44. The van der Waals surface area contributed by atoms with Crippen molar-refractivity contribution < 1.29 is 4.79 Å². The standard InChI is InChI=1S/C15H18Cl2N2OS/c16-10-5-6-11(12(17)9-10)13(20)19-15(14(18)21)7-3-1-2-4-8-15/h5-6,9H,1-4,7-8H2,(H2,18,21)(H,19,20). The monoisotopic (exact) mass is 344 g/mol. The summed E-state index contributed by atoms with van der Waals surface area (Å²) >= 11 is 17.2. The first kappa shape index (κ1) is 16.5. The molecule has 0 aromatic heterocycles. The van der Waals surface area contributed by atoms with Gasteiger partial charge in [0.05, 0.1) is 21.1 Å². The van der Waals surface area contributed by atoms with Crippen LogP contribution in [0.1, 0.15) is 48.9 Å². The molecule has 0 radical (unpaired) electrons. The third-order valence-corrected chi connectivity index (χ3v) is 4.90. The summed E-state index contributed by atoms with van der Waals surface area (Å²) in [6.07, 6.45) is 5.85. The number of nitrogens with one attached hydrogen (secondary N) is 1. The van der Waals surface area contributed by atoms with Gasteiger partial charge in [-0.25, -0.2) is 0 Å². The number of carbonyl (C=O) groups excluding carboxylic acids is 1. The first-order valence-electron chi connectivity index (χ1n) is 7.02. The van der Waals surface area contributed by atoms with Gasteiger partial charge in [-0.2, -0.15) is 0 Å². The topological polar surface area (TPSA) is 55.1 Å². The van der Waals surface area contributed by atoms with Gasteiger partial charge in [-0.15, -0.1) is 0 Å². The maximum atomic E-state index is 12.5. The molecule has 3 nitrogen and oxygen atoms in total. The van der Waals surface area contributed by atoms with Crippen LogP contribution in [0.4, 0.5) is 0 Å². The van der Waals surface area contributed by atoms with E-state index in [1.807, 2.05) is 0 Å². The summed E-state index contributed by atoms with van der Waals surface area (Å²) in [6.45, 7) is 0. The van der Waals surface area contributed by atoms with Crippen molar-refractivity contribution in [1.82, 2.24) is 5.32 Å². The molecule has 0 bridgehead atoms. The highest BCUT2D eigenvalue weighted by atomic mass is 35.5. The van der Waals surface area contributed by atoms with Crippen molar-refractivity contribution in [2.75, 3.05) is 0 Å². The van der Waals surface area contributed by atoms with E-state index >= 15 is 0 Å². The molecular formula is C15H18Cl2N2OS. The van der Waals surface area contributed by atoms with Crippen molar-refractivity contribution in [3.8, 4) is 0 Å². The van der Waals surface area contributed by atoms with Crippen LogP contribution in [0.5, 0.6) is 0 Å². The van der Waals surface area contributed by atoms with E-state index in [1.54, 1.807) is 18.2 Å². The second-order valence-corrected chi connectivity index (χ2v) is 6.72. The first-order valence-corrected chi connectivity index (χ1v) is 8.18. The minimum absolute atomic E-state index is 0.258. The predicted octanol–water partition coefficient (Wildman–Crippen LogP) is 4.10. The van der Waals surface area contributed by atoms with Crippen molar-refractivity contribution >= 4 is 46.3 Å². The van der Waals surface area contributed by atoms with Gasteiger partial charge >= 0.3 is 0 Å². The maximum Gasteiger partial charge on any atom is 0.253 e. The van der Waals surface area contributed by atoms with Gasteiger partial charge in [0.15, 0.2) is 0 Å². The zero-order chi connectivity index (χ0) is 15.5. The highest BCUT2D eigenvalue weighted by Gasteiger charge is 2.36. The fourth-order valence-corrected chi connectivity index (χ4v) is 3.47. The molecule has 1 aliphatic carbocycles. The van der Waals surface area contributed by atoms with Crippen LogP contribution in [0.25, 0.3) is 0 Å². The molecule has 114 valence electrons. The van der Waals surface area contributed by atoms with E-state index in [0.29, 0.717) is 20.6 Å². The molecule has 1 aromatic carbocycles. The van der Waals surface area contributed by atoms with Crippen molar-refractivity contribution in [3.05, 3.63) is 33.8 Å². The molecule has 1 aliphatic rings. The van der Waals surface area contributed by atoms with Crippen molar-refractivity contribution in [2.24, 2.45) is 5.73 Å². The summed E-state index contributed by atoms with van der Waals surface area (Å²) in [4.78, 5) is 12.9. The molecule has 0 aliphatic heterocycles. The normalized spacial score (nSPS) is 17.8. The Morgan fingerprint density at radius 1 is 1.19 bits per heavy atom. The smallest absolute Gasteiger partial charge is 0.253 e.